The topological polar surface area (TPSA) is 21.6 Å². The molecule has 13 heavy (non-hydrogen) atoms. The van der Waals surface area contributed by atoms with Gasteiger partial charge in [-0.3, -0.25) is 0 Å². The maximum atomic E-state index is 4.52. The van der Waals surface area contributed by atoms with Crippen molar-refractivity contribution in [1.82, 2.24) is 0 Å². The lowest BCUT2D eigenvalue weighted by molar-refractivity contribution is 0.214. The van der Waals surface area contributed by atoms with E-state index in [9.17, 15) is 0 Å². The van der Waals surface area contributed by atoms with Gasteiger partial charge in [0.2, 0.25) is 0 Å². The lowest BCUT2D eigenvalue weighted by Gasteiger charge is -1.88. The third-order valence-electron chi connectivity index (χ3n) is 1.61. The van der Waals surface area contributed by atoms with E-state index >= 15 is 0 Å². The Labute approximate surface area is 81.4 Å². The fraction of sp³-hybridized carbons (Fsp3) is 0.727. The average molecular weight is 181 g/mol. The summed E-state index contributed by atoms with van der Waals surface area (Å²) in [4.78, 5) is 4.52. The summed E-state index contributed by atoms with van der Waals surface area (Å²) in [5, 5.41) is 3.63. The molecule has 0 aliphatic rings. The van der Waals surface area contributed by atoms with E-state index in [1.54, 1.807) is 13.3 Å². The minimum atomic E-state index is 0.884. The third-order valence-corrected chi connectivity index (χ3v) is 1.61. The molecule has 2 nitrogen and oxygen atoms in total. The Morgan fingerprint density at radius 3 is 2.69 bits per heavy atom. The smallest absolute Gasteiger partial charge is 0.106 e. The Kier molecular flexibility index (Phi) is 10.2. The van der Waals surface area contributed by atoms with Crippen molar-refractivity contribution in [3.05, 3.63) is 0 Å². The molecule has 0 rings (SSSR count). The molecule has 0 fully saturated rings. The Hall–Kier alpha value is -0.970. The number of hydrogen-bond donors (Lipinski definition) is 0. The van der Waals surface area contributed by atoms with Crippen molar-refractivity contribution < 1.29 is 4.84 Å². The highest BCUT2D eigenvalue weighted by atomic mass is 16.6. The third kappa shape index (κ3) is 11.0. The van der Waals surface area contributed by atoms with E-state index in [0.29, 0.717) is 0 Å². The molecule has 2 heteroatoms. The summed E-state index contributed by atoms with van der Waals surface area (Å²) in [7, 11) is 1.55. The molecule has 0 amide bonds. The monoisotopic (exact) mass is 181 g/mol. The van der Waals surface area contributed by atoms with Gasteiger partial charge in [0.05, 0.1) is 0 Å². The van der Waals surface area contributed by atoms with Crippen LogP contribution in [0.3, 0.4) is 0 Å². The van der Waals surface area contributed by atoms with Crippen LogP contribution in [-0.4, -0.2) is 13.3 Å². The van der Waals surface area contributed by atoms with E-state index in [-0.39, 0.29) is 0 Å². The van der Waals surface area contributed by atoms with E-state index in [1.807, 2.05) is 0 Å². The first-order chi connectivity index (χ1) is 6.41. The zero-order chi connectivity index (χ0) is 9.78. The fourth-order valence-electron chi connectivity index (χ4n) is 0.904. The number of nitrogens with zero attached hydrogens (tertiary/aromatic N) is 1. The molecule has 0 aliphatic heterocycles. The Morgan fingerprint density at radius 1 is 1.23 bits per heavy atom. The largest absolute Gasteiger partial charge is 0.399 e. The van der Waals surface area contributed by atoms with Crippen molar-refractivity contribution in [2.24, 2.45) is 5.16 Å². The van der Waals surface area contributed by atoms with Gasteiger partial charge in [-0.05, 0) is 12.8 Å². The molecule has 0 aromatic heterocycles. The van der Waals surface area contributed by atoms with Crippen LogP contribution in [0.15, 0.2) is 5.16 Å². The molecule has 0 saturated heterocycles. The van der Waals surface area contributed by atoms with Gasteiger partial charge in [-0.15, -0.1) is 11.8 Å². The van der Waals surface area contributed by atoms with Gasteiger partial charge in [0.1, 0.15) is 7.11 Å². The molecule has 0 aliphatic carbocycles. The van der Waals surface area contributed by atoms with Crippen molar-refractivity contribution in [2.75, 3.05) is 7.11 Å². The van der Waals surface area contributed by atoms with E-state index in [2.05, 4.69) is 28.8 Å². The Bertz CT molecular complexity index is 176. The maximum absolute atomic E-state index is 4.52. The first-order valence-electron chi connectivity index (χ1n) is 4.92. The molecule has 0 unspecified atom stereocenters. The van der Waals surface area contributed by atoms with Gasteiger partial charge < -0.3 is 4.84 Å². The maximum Gasteiger partial charge on any atom is 0.106 e. The van der Waals surface area contributed by atoms with Gasteiger partial charge in [0.25, 0.3) is 0 Å². The van der Waals surface area contributed by atoms with E-state index in [0.717, 1.165) is 19.3 Å². The van der Waals surface area contributed by atoms with Crippen LogP contribution in [0.4, 0.5) is 0 Å². The van der Waals surface area contributed by atoms with Crippen LogP contribution in [0.25, 0.3) is 0 Å². The minimum Gasteiger partial charge on any atom is -0.399 e. The second-order valence-electron chi connectivity index (χ2n) is 2.82. The Balaban J connectivity index is 3.15. The molecule has 0 bridgehead atoms. The summed E-state index contributed by atoms with van der Waals surface area (Å²) >= 11 is 0. The van der Waals surface area contributed by atoms with Crippen LogP contribution in [0.2, 0.25) is 0 Å². The highest BCUT2D eigenvalue weighted by molar-refractivity contribution is 5.56. The van der Waals surface area contributed by atoms with Crippen LogP contribution >= 0.6 is 0 Å². The highest BCUT2D eigenvalue weighted by Gasteiger charge is 1.80. The molecular weight excluding hydrogens is 162 g/mol. The van der Waals surface area contributed by atoms with Gasteiger partial charge in [-0.1, -0.05) is 24.9 Å². The van der Waals surface area contributed by atoms with Crippen LogP contribution in [0.1, 0.15) is 45.4 Å². The summed E-state index contributed by atoms with van der Waals surface area (Å²) in [5.41, 5.74) is 0. The van der Waals surface area contributed by atoms with Gasteiger partial charge in [0.15, 0.2) is 0 Å². The molecule has 0 radical (unpaired) electrons. The van der Waals surface area contributed by atoms with E-state index in [4.69, 9.17) is 0 Å². The van der Waals surface area contributed by atoms with Gasteiger partial charge in [-0.25, -0.2) is 0 Å². The number of rotatable bonds is 6. The molecule has 0 heterocycles. The predicted molar refractivity (Wildman–Crippen MR) is 56.7 cm³/mol. The van der Waals surface area contributed by atoms with Crippen molar-refractivity contribution >= 4 is 6.21 Å². The molecule has 0 saturated carbocycles. The summed E-state index contributed by atoms with van der Waals surface area (Å²) < 4.78 is 0. The zero-order valence-corrected chi connectivity index (χ0v) is 8.68. The second kappa shape index (κ2) is 11.0. The lowest BCUT2D eigenvalue weighted by Crippen LogP contribution is -1.76. The van der Waals surface area contributed by atoms with Gasteiger partial charge in [-0.2, -0.15) is 0 Å². The first kappa shape index (κ1) is 12.0. The van der Waals surface area contributed by atoms with Crippen LogP contribution in [0, 0.1) is 11.8 Å². The number of oxime groups is 1. The molecule has 0 N–H and O–H groups in total. The molecule has 74 valence electrons. The minimum absolute atomic E-state index is 0.884. The average Bonchev–Trinajstić information content (AvgIpc) is 2.16. The summed E-state index contributed by atoms with van der Waals surface area (Å²) in [6, 6.07) is 0. The predicted octanol–water partition coefficient (Wildman–Crippen LogP) is 2.98. The normalized spacial score (nSPS) is 9.69. The quantitative estimate of drug-likeness (QED) is 0.267. The molecule has 0 spiro atoms. The number of unbranched alkanes of at least 4 members (excludes halogenated alkanes) is 4. The molecule has 0 atom stereocenters. The van der Waals surface area contributed by atoms with Crippen molar-refractivity contribution in [3.63, 3.8) is 0 Å². The number of hydrogen-bond acceptors (Lipinski definition) is 2. The SMILES string of the molecule is CCCCCC#CCC/C=N\OC. The zero-order valence-electron chi connectivity index (χ0n) is 8.68. The van der Waals surface area contributed by atoms with Crippen molar-refractivity contribution in [1.29, 1.82) is 0 Å². The fourth-order valence-corrected chi connectivity index (χ4v) is 0.904. The first-order valence-corrected chi connectivity index (χ1v) is 4.92. The Morgan fingerprint density at radius 2 is 2.00 bits per heavy atom. The van der Waals surface area contributed by atoms with E-state index in [1.165, 1.54) is 19.3 Å². The van der Waals surface area contributed by atoms with Crippen LogP contribution in [0.5, 0.6) is 0 Å². The standard InChI is InChI=1S/C11H19NO/c1-3-4-5-6-7-8-9-10-11-12-13-2/h11H,3-6,9-10H2,1-2H3/b12-11-. The summed E-state index contributed by atoms with van der Waals surface area (Å²) in [6.45, 7) is 2.20. The molecule has 0 aromatic rings. The molecular formula is C11H19NO. The van der Waals surface area contributed by atoms with Gasteiger partial charge >= 0.3 is 0 Å². The van der Waals surface area contributed by atoms with Crippen LogP contribution < -0.4 is 0 Å². The van der Waals surface area contributed by atoms with Crippen LogP contribution in [-0.2, 0) is 4.84 Å². The van der Waals surface area contributed by atoms with Crippen molar-refractivity contribution in [3.8, 4) is 11.8 Å². The summed E-state index contributed by atoms with van der Waals surface area (Å²) in [6.07, 6.45) is 8.35. The molecule has 0 aromatic carbocycles. The summed E-state index contributed by atoms with van der Waals surface area (Å²) in [5.74, 6) is 6.25. The van der Waals surface area contributed by atoms with E-state index < -0.39 is 0 Å². The van der Waals surface area contributed by atoms with Crippen molar-refractivity contribution in [2.45, 2.75) is 45.4 Å². The second-order valence-corrected chi connectivity index (χ2v) is 2.82. The van der Waals surface area contributed by atoms with Gasteiger partial charge in [0, 0.05) is 19.1 Å². The highest BCUT2D eigenvalue weighted by Crippen LogP contribution is 1.96. The lowest BCUT2D eigenvalue weighted by atomic mass is 10.2.